The second kappa shape index (κ2) is 10.8. The van der Waals surface area contributed by atoms with Gasteiger partial charge in [0.2, 0.25) is 0 Å². The predicted molar refractivity (Wildman–Crippen MR) is 128 cm³/mol. The summed E-state index contributed by atoms with van der Waals surface area (Å²) in [4.78, 5) is 19.6. The van der Waals surface area contributed by atoms with Gasteiger partial charge in [-0.25, -0.2) is 4.98 Å². The molecule has 0 saturated carbocycles. The number of thioether (sulfide) groups is 1. The van der Waals surface area contributed by atoms with Crippen molar-refractivity contribution >= 4 is 46.0 Å². The van der Waals surface area contributed by atoms with Gasteiger partial charge in [0.25, 0.3) is 5.91 Å². The number of carbonyl (C=O) groups is 1. The number of benzene rings is 3. The summed E-state index contributed by atoms with van der Waals surface area (Å²) in [6.07, 6.45) is -4.39. The van der Waals surface area contributed by atoms with Gasteiger partial charge in [-0.05, 0) is 48.0 Å². The molecule has 0 aliphatic rings. The molecule has 1 heterocycles. The van der Waals surface area contributed by atoms with E-state index in [0.29, 0.717) is 38.2 Å². The Hall–Kier alpha value is -2.97. The van der Waals surface area contributed by atoms with E-state index in [4.69, 9.17) is 11.6 Å². The molecule has 1 amide bonds. The Labute approximate surface area is 198 Å². The van der Waals surface area contributed by atoms with Crippen molar-refractivity contribution in [2.45, 2.75) is 30.9 Å². The van der Waals surface area contributed by atoms with Crippen LogP contribution in [-0.2, 0) is 11.9 Å². The van der Waals surface area contributed by atoms with E-state index in [9.17, 15) is 18.0 Å². The minimum Gasteiger partial charge on any atom is -0.333 e. The van der Waals surface area contributed by atoms with Crippen molar-refractivity contribution < 1.29 is 18.0 Å². The minimum absolute atomic E-state index is 0.298. The zero-order valence-electron chi connectivity index (χ0n) is 17.8. The van der Waals surface area contributed by atoms with Gasteiger partial charge in [0.1, 0.15) is 0 Å². The molecule has 172 valence electrons. The molecule has 0 saturated heterocycles. The Morgan fingerprint density at radius 1 is 1.06 bits per heavy atom. The van der Waals surface area contributed by atoms with E-state index in [2.05, 4.69) is 15.3 Å². The average molecular weight is 492 g/mol. The molecule has 0 aliphatic carbocycles. The van der Waals surface area contributed by atoms with Gasteiger partial charge >= 0.3 is 6.18 Å². The summed E-state index contributed by atoms with van der Waals surface area (Å²) in [5, 5.41) is 3.70. The molecule has 0 bridgehead atoms. The largest absolute Gasteiger partial charge is 0.416 e. The van der Waals surface area contributed by atoms with Crippen LogP contribution in [0.4, 0.5) is 18.9 Å². The van der Waals surface area contributed by atoms with Gasteiger partial charge in [-0.2, -0.15) is 13.2 Å². The summed E-state index contributed by atoms with van der Waals surface area (Å²) in [6, 6.07) is 17.5. The minimum atomic E-state index is -4.39. The first-order chi connectivity index (χ1) is 15.8. The van der Waals surface area contributed by atoms with Crippen LogP contribution >= 0.6 is 23.4 Å². The molecule has 33 heavy (non-hydrogen) atoms. The molecule has 0 atom stereocenters. The Kier molecular flexibility index (Phi) is 8.05. The first-order valence-electron chi connectivity index (χ1n) is 10.1. The van der Waals surface area contributed by atoms with Crippen molar-refractivity contribution in [1.29, 1.82) is 0 Å². The first-order valence-corrected chi connectivity index (χ1v) is 11.5. The van der Waals surface area contributed by atoms with Crippen molar-refractivity contribution in [3.8, 4) is 0 Å². The predicted octanol–water partition coefficient (Wildman–Crippen LogP) is 7.81. The Balaban J connectivity index is 0.00000149. The maximum atomic E-state index is 12.8. The molecule has 2 N–H and O–H groups in total. The van der Waals surface area contributed by atoms with Gasteiger partial charge in [-0.15, -0.1) is 0 Å². The summed E-state index contributed by atoms with van der Waals surface area (Å²) >= 11 is 7.42. The number of nitrogens with zero attached hydrogens (tertiary/aromatic N) is 1. The van der Waals surface area contributed by atoms with Gasteiger partial charge in [0.05, 0.1) is 27.2 Å². The molecule has 0 unspecified atom stereocenters. The van der Waals surface area contributed by atoms with Crippen LogP contribution in [0.25, 0.3) is 11.0 Å². The summed E-state index contributed by atoms with van der Waals surface area (Å²) < 4.78 is 38.5. The Bertz CT molecular complexity index is 1240. The highest BCUT2D eigenvalue weighted by Crippen LogP contribution is 2.32. The zero-order valence-corrected chi connectivity index (χ0v) is 19.4. The van der Waals surface area contributed by atoms with E-state index in [1.807, 2.05) is 26.0 Å². The molecule has 4 nitrogen and oxygen atoms in total. The van der Waals surface area contributed by atoms with Gasteiger partial charge in [0, 0.05) is 11.4 Å². The zero-order chi connectivity index (χ0) is 24.0. The first kappa shape index (κ1) is 24.7. The molecule has 4 aromatic rings. The molecular formula is C24H21ClF3N3OS. The van der Waals surface area contributed by atoms with Crippen LogP contribution in [0.15, 0.2) is 71.9 Å². The number of anilines is 1. The van der Waals surface area contributed by atoms with E-state index in [0.717, 1.165) is 17.7 Å². The lowest BCUT2D eigenvalue weighted by Gasteiger charge is -2.07. The number of amides is 1. The number of aromatic amines is 1. The summed E-state index contributed by atoms with van der Waals surface area (Å²) in [7, 11) is 0. The van der Waals surface area contributed by atoms with Crippen LogP contribution in [0.1, 0.15) is 35.3 Å². The molecule has 0 fully saturated rings. The Morgan fingerprint density at radius 2 is 1.76 bits per heavy atom. The topological polar surface area (TPSA) is 57.8 Å². The van der Waals surface area contributed by atoms with Crippen molar-refractivity contribution in [2.75, 3.05) is 5.32 Å². The summed E-state index contributed by atoms with van der Waals surface area (Å²) in [5.74, 6) is 0.262. The molecule has 0 radical (unpaired) electrons. The Morgan fingerprint density at radius 3 is 2.42 bits per heavy atom. The molecule has 0 spiro atoms. The highest BCUT2D eigenvalue weighted by atomic mass is 35.5. The third-order valence-corrected chi connectivity index (χ3v) is 5.77. The number of hydrogen-bond acceptors (Lipinski definition) is 3. The fourth-order valence-corrected chi connectivity index (χ4v) is 3.97. The quantitative estimate of drug-likeness (QED) is 0.280. The monoisotopic (exact) mass is 491 g/mol. The van der Waals surface area contributed by atoms with Crippen LogP contribution < -0.4 is 5.32 Å². The number of rotatable bonds is 5. The average Bonchev–Trinajstić information content (AvgIpc) is 3.22. The molecule has 4 rings (SSSR count). The summed E-state index contributed by atoms with van der Waals surface area (Å²) in [5.41, 5.74) is 2.10. The van der Waals surface area contributed by atoms with Crippen LogP contribution in [0.3, 0.4) is 0 Å². The number of nitrogens with one attached hydrogen (secondary N) is 2. The normalized spacial score (nSPS) is 11.1. The third-order valence-electron chi connectivity index (χ3n) is 4.49. The van der Waals surface area contributed by atoms with E-state index >= 15 is 0 Å². The van der Waals surface area contributed by atoms with Crippen LogP contribution in [0.5, 0.6) is 0 Å². The third kappa shape index (κ3) is 6.30. The van der Waals surface area contributed by atoms with E-state index in [-0.39, 0.29) is 5.91 Å². The smallest absolute Gasteiger partial charge is 0.333 e. The van der Waals surface area contributed by atoms with Crippen molar-refractivity contribution in [2.24, 2.45) is 0 Å². The number of halogens is 4. The SMILES string of the molecule is CC.O=C(Nc1ccc(CSc2nc3ccc(C(F)(F)F)cc3[nH]2)cc1)c1ccccc1Cl. The van der Waals surface area contributed by atoms with Gasteiger partial charge in [-0.1, -0.05) is 61.5 Å². The molecule has 0 aliphatic heterocycles. The number of aromatic nitrogens is 2. The van der Waals surface area contributed by atoms with Gasteiger partial charge < -0.3 is 10.3 Å². The molecule has 1 aromatic heterocycles. The summed E-state index contributed by atoms with van der Waals surface area (Å²) in [6.45, 7) is 4.00. The lowest BCUT2D eigenvalue weighted by atomic mass is 10.2. The van der Waals surface area contributed by atoms with Crippen LogP contribution in [0.2, 0.25) is 5.02 Å². The lowest BCUT2D eigenvalue weighted by molar-refractivity contribution is -0.137. The fourth-order valence-electron chi connectivity index (χ4n) is 2.91. The number of imidazole rings is 1. The molecule has 3 aromatic carbocycles. The number of hydrogen-bond donors (Lipinski definition) is 2. The second-order valence-corrected chi connectivity index (χ2v) is 8.06. The van der Waals surface area contributed by atoms with E-state index in [1.54, 1.807) is 36.4 Å². The number of carbonyl (C=O) groups excluding carboxylic acids is 1. The van der Waals surface area contributed by atoms with Gasteiger partial charge in [0.15, 0.2) is 5.16 Å². The number of fused-ring (bicyclic) bond motifs is 1. The van der Waals surface area contributed by atoms with E-state index in [1.165, 1.54) is 17.8 Å². The highest BCUT2D eigenvalue weighted by Gasteiger charge is 2.30. The van der Waals surface area contributed by atoms with Gasteiger partial charge in [-0.3, -0.25) is 4.79 Å². The fraction of sp³-hybridized carbons (Fsp3) is 0.167. The molecular weight excluding hydrogens is 471 g/mol. The van der Waals surface area contributed by atoms with Crippen molar-refractivity contribution in [3.05, 3.63) is 88.4 Å². The second-order valence-electron chi connectivity index (χ2n) is 6.69. The molecule has 9 heteroatoms. The number of alkyl halides is 3. The van der Waals surface area contributed by atoms with E-state index < -0.39 is 11.7 Å². The standard InChI is InChI=1S/C22H15ClF3N3OS.C2H6/c23-17-4-2-1-3-16(17)20(30)27-15-8-5-13(6-9-15)12-31-21-28-18-10-7-14(22(24,25)26)11-19(18)29-21;1-2/h1-11H,12H2,(H,27,30)(H,28,29);1-2H3. The van der Waals surface area contributed by atoms with Crippen LogP contribution in [0, 0.1) is 0 Å². The van der Waals surface area contributed by atoms with Crippen LogP contribution in [-0.4, -0.2) is 15.9 Å². The maximum Gasteiger partial charge on any atom is 0.416 e. The lowest BCUT2D eigenvalue weighted by Crippen LogP contribution is -2.12. The van der Waals surface area contributed by atoms with Crippen molar-refractivity contribution in [1.82, 2.24) is 9.97 Å². The highest BCUT2D eigenvalue weighted by molar-refractivity contribution is 7.98. The van der Waals surface area contributed by atoms with Crippen molar-refractivity contribution in [3.63, 3.8) is 0 Å². The number of H-pyrrole nitrogens is 1. The maximum absolute atomic E-state index is 12.8.